The molecule has 5 nitrogen and oxygen atoms in total. The molecule has 64 valence electrons. The van der Waals surface area contributed by atoms with Gasteiger partial charge in [0.05, 0.1) is 0 Å². The molecule has 0 aliphatic carbocycles. The van der Waals surface area contributed by atoms with Gasteiger partial charge in [-0.05, 0) is 12.1 Å². The third-order valence-electron chi connectivity index (χ3n) is 1.06. The van der Waals surface area contributed by atoms with Crippen LogP contribution in [0.1, 0.15) is 5.69 Å². The Morgan fingerprint density at radius 2 is 2.00 bits per heavy atom. The normalized spacial score (nSPS) is 7.92. The highest BCUT2D eigenvalue weighted by Crippen LogP contribution is 1.94. The molecule has 1 heterocycles. The molecule has 12 heavy (non-hydrogen) atoms. The van der Waals surface area contributed by atoms with E-state index in [1.54, 1.807) is 10.6 Å². The summed E-state index contributed by atoms with van der Waals surface area (Å²) in [5.74, 6) is 0. The fourth-order valence-electron chi connectivity index (χ4n) is 0.577. The van der Waals surface area contributed by atoms with Crippen molar-refractivity contribution in [1.29, 1.82) is 5.26 Å². The maximum Gasteiger partial charge on any atom is 0.631 e. The molecule has 0 radical (unpaired) electrons. The zero-order valence-corrected chi connectivity index (χ0v) is 6.55. The summed E-state index contributed by atoms with van der Waals surface area (Å²) in [5, 5.41) is 29.8. The van der Waals surface area contributed by atoms with Gasteiger partial charge in [-0.3, -0.25) is 0 Å². The van der Waals surface area contributed by atoms with Gasteiger partial charge in [-0.2, -0.15) is 5.26 Å². The minimum Gasteiger partial charge on any atom is -0.402 e. The average molecular weight is 168 g/mol. The first-order valence-electron chi connectivity index (χ1n) is 3.13. The first-order chi connectivity index (χ1) is 5.57. The molecule has 0 amide bonds. The molecular weight excluding hydrogens is 159 g/mol. The second-order valence-electron chi connectivity index (χ2n) is 1.96. The minimum absolute atomic E-state index is 0.699. The number of hydrogen-bond acceptors (Lipinski definition) is 4. The van der Waals surface area contributed by atoms with Crippen molar-refractivity contribution in [2.75, 3.05) is 0 Å². The van der Waals surface area contributed by atoms with E-state index in [1.165, 1.54) is 0 Å². The van der Waals surface area contributed by atoms with Crippen LogP contribution in [-0.4, -0.2) is 27.0 Å². The zero-order chi connectivity index (χ0) is 9.56. The third kappa shape index (κ3) is 4.52. The summed E-state index contributed by atoms with van der Waals surface area (Å²) in [6.07, 6.45) is 1.85. The van der Waals surface area contributed by atoms with Crippen LogP contribution < -0.4 is 0 Å². The second kappa shape index (κ2) is 5.38. The molecule has 0 aromatic carbocycles. The molecule has 0 bridgehead atoms. The molecule has 3 N–H and O–H groups in total. The Kier molecular flexibility index (Phi) is 4.80. The summed E-state index contributed by atoms with van der Waals surface area (Å²) in [6, 6.07) is 5.66. The number of nitriles is 1. The summed E-state index contributed by atoms with van der Waals surface area (Å²) < 4.78 is 1.78. The Morgan fingerprint density at radius 1 is 1.50 bits per heavy atom. The number of hydrogen-bond donors (Lipinski definition) is 3. The van der Waals surface area contributed by atoms with Crippen LogP contribution in [0.15, 0.2) is 18.3 Å². The molecule has 0 saturated heterocycles. The van der Waals surface area contributed by atoms with Gasteiger partial charge in [0.15, 0.2) is 0 Å². The first kappa shape index (κ1) is 10.7. The van der Waals surface area contributed by atoms with Gasteiger partial charge in [-0.15, -0.1) is 0 Å². The Bertz CT molecular complexity index is 263. The summed E-state index contributed by atoms with van der Waals surface area (Å²) in [5.41, 5.74) is 0.699. The van der Waals surface area contributed by atoms with Gasteiger partial charge in [-0.25, -0.2) is 0 Å². The van der Waals surface area contributed by atoms with Crippen molar-refractivity contribution < 1.29 is 15.1 Å². The van der Waals surface area contributed by atoms with E-state index in [0.717, 1.165) is 0 Å². The van der Waals surface area contributed by atoms with E-state index in [1.807, 2.05) is 25.4 Å². The minimum atomic E-state index is -2.17. The zero-order valence-electron chi connectivity index (χ0n) is 6.55. The Balaban J connectivity index is 0.000000261. The van der Waals surface area contributed by atoms with E-state index < -0.39 is 7.32 Å². The number of aryl methyl sites for hydroxylation is 1. The molecule has 1 rings (SSSR count). The second-order valence-corrected chi connectivity index (χ2v) is 1.96. The van der Waals surface area contributed by atoms with E-state index in [4.69, 9.17) is 20.3 Å². The molecule has 0 fully saturated rings. The number of nitrogens with zero attached hydrogens (tertiary/aromatic N) is 2. The van der Waals surface area contributed by atoms with Gasteiger partial charge < -0.3 is 19.6 Å². The maximum absolute atomic E-state index is 8.34. The summed E-state index contributed by atoms with van der Waals surface area (Å²) >= 11 is 0. The molecule has 6 heteroatoms. The van der Waals surface area contributed by atoms with Crippen molar-refractivity contribution in [3.05, 3.63) is 24.0 Å². The molecule has 0 aliphatic heterocycles. The van der Waals surface area contributed by atoms with E-state index >= 15 is 0 Å². The predicted molar refractivity (Wildman–Crippen MR) is 42.5 cm³/mol. The fourth-order valence-corrected chi connectivity index (χ4v) is 0.577. The summed E-state index contributed by atoms with van der Waals surface area (Å²) in [4.78, 5) is 0. The lowest BCUT2D eigenvalue weighted by Crippen LogP contribution is -2.07. The summed E-state index contributed by atoms with van der Waals surface area (Å²) in [7, 11) is -0.321. The molecule has 0 unspecified atom stereocenters. The Hall–Kier alpha value is -1.29. The van der Waals surface area contributed by atoms with Crippen molar-refractivity contribution in [1.82, 2.24) is 4.57 Å². The SMILES string of the molecule is Cn1cccc1C#N.OB(O)O. The van der Waals surface area contributed by atoms with E-state index in [0.29, 0.717) is 5.69 Å². The van der Waals surface area contributed by atoms with Crippen LogP contribution in [0.3, 0.4) is 0 Å². The highest BCUT2D eigenvalue weighted by molar-refractivity contribution is 6.30. The standard InChI is InChI=1S/C6H6N2.BH3O3/c1-8-4-2-3-6(8)5-7;2-1(3)4/h2-4H,1H3;2-4H. The van der Waals surface area contributed by atoms with Crippen molar-refractivity contribution >= 4 is 7.32 Å². The fraction of sp³-hybridized carbons (Fsp3) is 0.167. The van der Waals surface area contributed by atoms with Crippen LogP contribution in [0, 0.1) is 11.3 Å². The lowest BCUT2D eigenvalue weighted by Gasteiger charge is -1.86. The van der Waals surface area contributed by atoms with Crippen molar-refractivity contribution in [3.63, 3.8) is 0 Å². The van der Waals surface area contributed by atoms with E-state index in [9.17, 15) is 0 Å². The van der Waals surface area contributed by atoms with Crippen molar-refractivity contribution in [2.24, 2.45) is 7.05 Å². The molecule has 0 atom stereocenters. The Morgan fingerprint density at radius 3 is 2.17 bits per heavy atom. The van der Waals surface area contributed by atoms with Crippen LogP contribution >= 0.6 is 0 Å². The predicted octanol–water partition coefficient (Wildman–Crippen LogP) is -1.16. The van der Waals surface area contributed by atoms with Gasteiger partial charge in [0.2, 0.25) is 0 Å². The lowest BCUT2D eigenvalue weighted by atomic mass is 10.3. The van der Waals surface area contributed by atoms with Crippen LogP contribution in [-0.2, 0) is 7.05 Å². The van der Waals surface area contributed by atoms with Crippen LogP contribution in [0.2, 0.25) is 0 Å². The molecular formula is C6H9BN2O3. The van der Waals surface area contributed by atoms with Crippen LogP contribution in [0.5, 0.6) is 0 Å². The van der Waals surface area contributed by atoms with E-state index in [2.05, 4.69) is 0 Å². The van der Waals surface area contributed by atoms with E-state index in [-0.39, 0.29) is 0 Å². The van der Waals surface area contributed by atoms with Gasteiger partial charge in [-0.1, -0.05) is 0 Å². The smallest absolute Gasteiger partial charge is 0.402 e. The average Bonchev–Trinajstić information content (AvgIpc) is 2.33. The van der Waals surface area contributed by atoms with Crippen LogP contribution in [0.25, 0.3) is 0 Å². The number of rotatable bonds is 0. The van der Waals surface area contributed by atoms with Crippen molar-refractivity contribution in [2.45, 2.75) is 0 Å². The largest absolute Gasteiger partial charge is 0.631 e. The van der Waals surface area contributed by atoms with Gasteiger partial charge >= 0.3 is 7.32 Å². The lowest BCUT2D eigenvalue weighted by molar-refractivity contribution is 0.278. The highest BCUT2D eigenvalue weighted by Gasteiger charge is 1.92. The molecule has 1 aromatic rings. The number of aromatic nitrogens is 1. The topological polar surface area (TPSA) is 89.4 Å². The van der Waals surface area contributed by atoms with Gasteiger partial charge in [0, 0.05) is 13.2 Å². The molecule has 0 aliphatic rings. The van der Waals surface area contributed by atoms with Gasteiger partial charge in [0.1, 0.15) is 11.8 Å². The van der Waals surface area contributed by atoms with Gasteiger partial charge in [0.25, 0.3) is 0 Å². The molecule has 1 aromatic heterocycles. The molecule has 0 saturated carbocycles. The quantitative estimate of drug-likeness (QED) is 0.426. The maximum atomic E-state index is 8.34. The van der Waals surface area contributed by atoms with Crippen LogP contribution in [0.4, 0.5) is 0 Å². The highest BCUT2D eigenvalue weighted by atomic mass is 16.5. The molecule has 0 spiro atoms. The third-order valence-corrected chi connectivity index (χ3v) is 1.06. The Labute approximate surface area is 70.3 Å². The monoisotopic (exact) mass is 168 g/mol. The summed E-state index contributed by atoms with van der Waals surface area (Å²) in [6.45, 7) is 0. The first-order valence-corrected chi connectivity index (χ1v) is 3.13. The van der Waals surface area contributed by atoms with Crippen molar-refractivity contribution in [3.8, 4) is 6.07 Å².